The molecule has 5 rings (SSSR count). The van der Waals surface area contributed by atoms with Crippen LogP contribution in [0.1, 0.15) is 24.0 Å². The van der Waals surface area contributed by atoms with Crippen LogP contribution in [0.5, 0.6) is 5.75 Å². The molecule has 0 bridgehead atoms. The second kappa shape index (κ2) is 10.4. The molecule has 0 amide bonds. The number of likely N-dealkylation sites (tertiary alicyclic amines) is 1. The fraction of sp³-hybridized carbons (Fsp3) is 0.321. The number of aromatic nitrogens is 2. The minimum atomic E-state index is -3.64. The third-order valence-electron chi connectivity index (χ3n) is 6.98. The molecule has 1 aromatic heterocycles. The maximum absolute atomic E-state index is 13.8. The van der Waals surface area contributed by atoms with Crippen molar-refractivity contribution in [2.45, 2.75) is 36.2 Å². The highest BCUT2D eigenvalue weighted by molar-refractivity contribution is 7.91. The number of rotatable bonds is 8. The molecule has 0 spiro atoms. The first-order valence-corrected chi connectivity index (χ1v) is 13.8. The maximum Gasteiger partial charge on any atom is 0.229 e. The fourth-order valence-electron chi connectivity index (χ4n) is 4.87. The van der Waals surface area contributed by atoms with Crippen LogP contribution < -0.4 is 4.74 Å². The SMILES string of the molecule is COc1ccc(CCN2CCC(S(=O)(=O)c3nc4ccccc4n3Cc3ccc(F)cc3)CC2)cc1. The Morgan fingerprint density at radius 2 is 1.61 bits per heavy atom. The highest BCUT2D eigenvalue weighted by Crippen LogP contribution is 2.28. The van der Waals surface area contributed by atoms with Crippen LogP contribution in [0, 0.1) is 5.82 Å². The van der Waals surface area contributed by atoms with Gasteiger partial charge in [0.2, 0.25) is 15.0 Å². The second-order valence-electron chi connectivity index (χ2n) is 9.28. The van der Waals surface area contributed by atoms with Crippen LogP contribution in [0.4, 0.5) is 4.39 Å². The molecule has 0 aliphatic carbocycles. The summed E-state index contributed by atoms with van der Waals surface area (Å²) in [5.41, 5.74) is 3.47. The van der Waals surface area contributed by atoms with E-state index in [1.165, 1.54) is 17.7 Å². The number of imidazole rings is 1. The molecule has 188 valence electrons. The molecule has 0 atom stereocenters. The molecule has 1 aliphatic heterocycles. The number of piperidine rings is 1. The predicted octanol–water partition coefficient (Wildman–Crippen LogP) is 4.71. The Kier molecular flexibility index (Phi) is 7.07. The van der Waals surface area contributed by atoms with Gasteiger partial charge in [-0.25, -0.2) is 17.8 Å². The van der Waals surface area contributed by atoms with Gasteiger partial charge in [-0.2, -0.15) is 0 Å². The van der Waals surface area contributed by atoms with E-state index in [1.54, 1.807) is 23.8 Å². The van der Waals surface area contributed by atoms with Gasteiger partial charge in [0.25, 0.3) is 0 Å². The standard InChI is InChI=1S/C28H30FN3O3S/c1-35-24-12-8-21(9-13-24)14-17-31-18-15-25(16-19-31)36(33,34)28-30-26-4-2-3-5-27(26)32(28)20-22-6-10-23(29)11-7-22/h2-13,25H,14-20H2,1H3. The molecule has 0 saturated carbocycles. The van der Waals surface area contributed by atoms with Gasteiger partial charge in [-0.1, -0.05) is 36.4 Å². The molecule has 0 N–H and O–H groups in total. The zero-order valence-corrected chi connectivity index (χ0v) is 21.1. The van der Waals surface area contributed by atoms with Gasteiger partial charge in [0.15, 0.2) is 0 Å². The number of sulfone groups is 1. The van der Waals surface area contributed by atoms with Crippen LogP contribution in [-0.2, 0) is 22.8 Å². The van der Waals surface area contributed by atoms with Crippen LogP contribution in [0.3, 0.4) is 0 Å². The molecule has 8 heteroatoms. The lowest BCUT2D eigenvalue weighted by molar-refractivity contribution is 0.232. The third kappa shape index (κ3) is 5.15. The van der Waals surface area contributed by atoms with Crippen LogP contribution in [0.2, 0.25) is 0 Å². The lowest BCUT2D eigenvalue weighted by Crippen LogP contribution is -2.40. The lowest BCUT2D eigenvalue weighted by Gasteiger charge is -2.31. The quantitative estimate of drug-likeness (QED) is 0.346. The summed E-state index contributed by atoms with van der Waals surface area (Å²) in [7, 11) is -1.99. The minimum Gasteiger partial charge on any atom is -0.497 e. The first-order valence-electron chi connectivity index (χ1n) is 12.2. The Morgan fingerprint density at radius 1 is 0.944 bits per heavy atom. The number of halogens is 1. The minimum absolute atomic E-state index is 0.102. The molecule has 1 saturated heterocycles. The molecule has 1 aliphatic rings. The predicted molar refractivity (Wildman–Crippen MR) is 139 cm³/mol. The van der Waals surface area contributed by atoms with E-state index < -0.39 is 15.1 Å². The summed E-state index contributed by atoms with van der Waals surface area (Å²) in [4.78, 5) is 6.89. The number of ether oxygens (including phenoxy) is 1. The Morgan fingerprint density at radius 3 is 2.31 bits per heavy atom. The van der Waals surface area contributed by atoms with E-state index in [0.29, 0.717) is 24.9 Å². The van der Waals surface area contributed by atoms with Gasteiger partial charge in [-0.15, -0.1) is 0 Å². The Labute approximate surface area is 211 Å². The highest BCUT2D eigenvalue weighted by atomic mass is 32.2. The Balaban J connectivity index is 1.30. The number of nitrogens with zero attached hydrogens (tertiary/aromatic N) is 3. The number of methoxy groups -OCH3 is 1. The number of fused-ring (bicyclic) bond motifs is 1. The third-order valence-corrected chi connectivity index (χ3v) is 9.15. The number of benzene rings is 3. The number of para-hydroxylation sites is 2. The molecule has 36 heavy (non-hydrogen) atoms. The van der Waals surface area contributed by atoms with Gasteiger partial charge in [-0.05, 0) is 79.9 Å². The van der Waals surface area contributed by atoms with E-state index in [-0.39, 0.29) is 11.0 Å². The van der Waals surface area contributed by atoms with Crippen LogP contribution in [0.25, 0.3) is 11.0 Å². The number of hydrogen-bond acceptors (Lipinski definition) is 5. The summed E-state index contributed by atoms with van der Waals surface area (Å²) < 4.78 is 48.0. The van der Waals surface area contributed by atoms with E-state index in [1.807, 2.05) is 36.4 Å². The van der Waals surface area contributed by atoms with Crippen LogP contribution in [0.15, 0.2) is 78.0 Å². The van der Waals surface area contributed by atoms with Gasteiger partial charge in [0.05, 0.1) is 29.9 Å². The topological polar surface area (TPSA) is 64.4 Å². The summed E-state index contributed by atoms with van der Waals surface area (Å²) in [6.07, 6.45) is 2.06. The van der Waals surface area contributed by atoms with Gasteiger partial charge in [0.1, 0.15) is 11.6 Å². The summed E-state index contributed by atoms with van der Waals surface area (Å²) in [6.45, 7) is 2.68. The average molecular weight is 508 g/mol. The van der Waals surface area contributed by atoms with Gasteiger partial charge >= 0.3 is 0 Å². The summed E-state index contributed by atoms with van der Waals surface area (Å²) in [6, 6.07) is 21.7. The van der Waals surface area contributed by atoms with E-state index in [2.05, 4.69) is 22.0 Å². The molecule has 3 aromatic carbocycles. The molecule has 2 heterocycles. The van der Waals surface area contributed by atoms with Crippen molar-refractivity contribution in [3.63, 3.8) is 0 Å². The molecule has 6 nitrogen and oxygen atoms in total. The van der Waals surface area contributed by atoms with E-state index >= 15 is 0 Å². The molecular formula is C28H30FN3O3S. The van der Waals surface area contributed by atoms with Gasteiger partial charge in [-0.3, -0.25) is 0 Å². The second-order valence-corrected chi connectivity index (χ2v) is 11.4. The van der Waals surface area contributed by atoms with Crippen LogP contribution >= 0.6 is 0 Å². The Bertz CT molecular complexity index is 1430. The molecule has 0 unspecified atom stereocenters. The Hall–Kier alpha value is -3.23. The van der Waals surface area contributed by atoms with E-state index in [4.69, 9.17) is 4.74 Å². The number of hydrogen-bond donors (Lipinski definition) is 0. The van der Waals surface area contributed by atoms with E-state index in [9.17, 15) is 12.8 Å². The van der Waals surface area contributed by atoms with Crippen molar-refractivity contribution in [2.24, 2.45) is 0 Å². The van der Waals surface area contributed by atoms with Gasteiger partial charge in [0, 0.05) is 6.54 Å². The van der Waals surface area contributed by atoms with Crippen molar-refractivity contribution >= 4 is 20.9 Å². The zero-order valence-electron chi connectivity index (χ0n) is 20.3. The molecule has 0 radical (unpaired) electrons. The van der Waals surface area contributed by atoms with Crippen molar-refractivity contribution in [1.29, 1.82) is 0 Å². The van der Waals surface area contributed by atoms with Crippen molar-refractivity contribution < 1.29 is 17.5 Å². The fourth-order valence-corrected chi connectivity index (χ4v) is 6.69. The van der Waals surface area contributed by atoms with Crippen LogP contribution in [-0.4, -0.2) is 54.9 Å². The summed E-state index contributed by atoms with van der Waals surface area (Å²) in [5.74, 6) is 0.524. The largest absolute Gasteiger partial charge is 0.497 e. The van der Waals surface area contributed by atoms with Gasteiger partial charge < -0.3 is 14.2 Å². The smallest absolute Gasteiger partial charge is 0.229 e. The normalized spacial score (nSPS) is 15.4. The van der Waals surface area contributed by atoms with E-state index in [0.717, 1.165) is 42.9 Å². The molecule has 1 fully saturated rings. The summed E-state index contributed by atoms with van der Waals surface area (Å²) >= 11 is 0. The zero-order chi connectivity index (χ0) is 25.1. The highest BCUT2D eigenvalue weighted by Gasteiger charge is 2.35. The summed E-state index contributed by atoms with van der Waals surface area (Å²) in [5, 5.41) is -0.372. The molecular weight excluding hydrogens is 477 g/mol. The monoisotopic (exact) mass is 507 g/mol. The lowest BCUT2D eigenvalue weighted by atomic mass is 10.1. The van der Waals surface area contributed by atoms with Crippen molar-refractivity contribution in [3.05, 3.63) is 89.7 Å². The first kappa shape index (κ1) is 24.5. The molecule has 4 aromatic rings. The van der Waals surface area contributed by atoms with Crippen molar-refractivity contribution in [1.82, 2.24) is 14.5 Å². The maximum atomic E-state index is 13.8. The first-order chi connectivity index (χ1) is 17.4. The van der Waals surface area contributed by atoms with Crippen molar-refractivity contribution in [3.8, 4) is 5.75 Å². The average Bonchev–Trinajstić information content (AvgIpc) is 3.28. The van der Waals surface area contributed by atoms with Crippen molar-refractivity contribution in [2.75, 3.05) is 26.7 Å².